The molecule has 1 aliphatic rings. The van der Waals surface area contributed by atoms with Crippen LogP contribution in [0.5, 0.6) is 11.8 Å². The van der Waals surface area contributed by atoms with Crippen LogP contribution in [0.1, 0.15) is 19.3 Å². The van der Waals surface area contributed by atoms with Crippen molar-refractivity contribution < 1.29 is 14.2 Å². The summed E-state index contributed by atoms with van der Waals surface area (Å²) in [6.07, 6.45) is 2.56. The van der Waals surface area contributed by atoms with Gasteiger partial charge in [0.25, 0.3) is 0 Å². The van der Waals surface area contributed by atoms with Crippen molar-refractivity contribution in [3.05, 3.63) is 24.5 Å². The minimum atomic E-state index is -0.909. The molecule has 0 bridgehead atoms. The lowest BCUT2D eigenvalue weighted by Gasteiger charge is -2.39. The summed E-state index contributed by atoms with van der Waals surface area (Å²) in [6, 6.07) is 5.37. The summed E-state index contributed by atoms with van der Waals surface area (Å²) in [6.45, 7) is 0. The topological polar surface area (TPSA) is 100 Å². The molecule has 2 unspecified atom stereocenters. The number of phenolic OH excluding ortho intramolecular Hbond substituents is 1. The van der Waals surface area contributed by atoms with E-state index >= 15 is 0 Å². The van der Waals surface area contributed by atoms with E-state index in [1.165, 1.54) is 24.8 Å². The third-order valence-corrected chi connectivity index (χ3v) is 6.92. The number of hydrogen-bond acceptors (Lipinski definition) is 10. The molecule has 0 aliphatic heterocycles. The molecule has 0 spiro atoms. The van der Waals surface area contributed by atoms with Crippen molar-refractivity contribution >= 4 is 16.5 Å². The summed E-state index contributed by atoms with van der Waals surface area (Å²) < 4.78 is 19.7. The van der Waals surface area contributed by atoms with E-state index in [4.69, 9.17) is 4.74 Å². The van der Waals surface area contributed by atoms with Gasteiger partial charge in [0.15, 0.2) is 10.8 Å². The van der Waals surface area contributed by atoms with Gasteiger partial charge in [0.1, 0.15) is 18.2 Å². The highest BCUT2D eigenvalue weighted by atomic mass is 32.1. The summed E-state index contributed by atoms with van der Waals surface area (Å²) in [5.74, 6) is 0.416. The van der Waals surface area contributed by atoms with Crippen molar-refractivity contribution in [3.8, 4) is 33.7 Å². The number of aromatic nitrogens is 5. The molecule has 32 heavy (non-hydrogen) atoms. The average molecular weight is 460 g/mol. The van der Waals surface area contributed by atoms with Gasteiger partial charge in [-0.3, -0.25) is 0 Å². The van der Waals surface area contributed by atoms with Crippen LogP contribution in [0.2, 0.25) is 0 Å². The van der Waals surface area contributed by atoms with E-state index < -0.39 is 6.17 Å². The fraction of sp³-hybridized carbons (Fsp3) is 0.476. The Balaban J connectivity index is 1.55. The van der Waals surface area contributed by atoms with Crippen molar-refractivity contribution in [1.29, 1.82) is 0 Å². The first kappa shape index (κ1) is 22.3. The molecule has 1 saturated carbocycles. The van der Waals surface area contributed by atoms with Gasteiger partial charge in [-0.1, -0.05) is 17.4 Å². The molecule has 3 atom stereocenters. The maximum Gasteiger partial charge on any atom is 0.319 e. The zero-order valence-corrected chi connectivity index (χ0v) is 19.3. The van der Waals surface area contributed by atoms with Gasteiger partial charge >= 0.3 is 6.01 Å². The molecule has 1 fully saturated rings. The number of ether oxygens (including phenoxy) is 1. The van der Waals surface area contributed by atoms with E-state index in [0.29, 0.717) is 39.6 Å². The molecule has 4 rings (SSSR count). The summed E-state index contributed by atoms with van der Waals surface area (Å²) in [4.78, 5) is 16.2. The first-order chi connectivity index (χ1) is 15.4. The standard InChI is InChI=1S/C21H26FN7O2S/c1-28(2)13-6-8-15(22)16(10-13)29(3)21-27-26-19(32-21)14-7-5-12(9-17(14)30)18-23-11-24-20(25-18)31-4/h5,7,9,11,13,15-16,30H,6,8,10H2,1-4H3/t13?,15?,16-/m0/s1. The minimum absolute atomic E-state index is 0.0286. The van der Waals surface area contributed by atoms with Gasteiger partial charge in [0, 0.05) is 18.7 Å². The Morgan fingerprint density at radius 1 is 1.16 bits per heavy atom. The van der Waals surface area contributed by atoms with E-state index in [1.807, 2.05) is 26.0 Å². The maximum atomic E-state index is 14.7. The first-order valence-electron chi connectivity index (χ1n) is 10.3. The van der Waals surface area contributed by atoms with Crippen LogP contribution in [-0.4, -0.2) is 81.7 Å². The van der Waals surface area contributed by atoms with Gasteiger partial charge in [-0.05, 0) is 45.5 Å². The highest BCUT2D eigenvalue weighted by Crippen LogP contribution is 2.38. The Morgan fingerprint density at radius 3 is 2.69 bits per heavy atom. The number of anilines is 1. The molecule has 0 amide bonds. The zero-order valence-electron chi connectivity index (χ0n) is 18.4. The maximum absolute atomic E-state index is 14.7. The van der Waals surface area contributed by atoms with Gasteiger partial charge < -0.3 is 19.6 Å². The fourth-order valence-electron chi connectivity index (χ4n) is 3.94. The lowest BCUT2D eigenvalue weighted by Crippen LogP contribution is -2.48. The number of rotatable bonds is 6. The molecular formula is C21H26FN7O2S. The molecule has 11 heteroatoms. The van der Waals surface area contributed by atoms with Gasteiger partial charge in [0.2, 0.25) is 5.13 Å². The van der Waals surface area contributed by atoms with Crippen molar-refractivity contribution in [3.63, 3.8) is 0 Å². The molecule has 1 N–H and O–H groups in total. The number of aromatic hydroxyl groups is 1. The zero-order chi connectivity index (χ0) is 22.8. The third kappa shape index (κ3) is 4.49. The fourth-order valence-corrected chi connectivity index (χ4v) is 4.84. The molecular weight excluding hydrogens is 433 g/mol. The minimum Gasteiger partial charge on any atom is -0.507 e. The molecule has 3 aromatic rings. The van der Waals surface area contributed by atoms with Crippen LogP contribution in [-0.2, 0) is 0 Å². The van der Waals surface area contributed by atoms with Gasteiger partial charge in [-0.25, -0.2) is 9.37 Å². The molecule has 170 valence electrons. The number of halogens is 1. The molecule has 2 heterocycles. The molecule has 0 radical (unpaired) electrons. The predicted molar refractivity (Wildman–Crippen MR) is 121 cm³/mol. The van der Waals surface area contributed by atoms with E-state index in [-0.39, 0.29) is 17.8 Å². The van der Waals surface area contributed by atoms with Crippen molar-refractivity contribution in [2.24, 2.45) is 0 Å². The van der Waals surface area contributed by atoms with Crippen molar-refractivity contribution in [1.82, 2.24) is 30.0 Å². The largest absolute Gasteiger partial charge is 0.507 e. The van der Waals surface area contributed by atoms with Crippen LogP contribution in [0.3, 0.4) is 0 Å². The molecule has 1 aliphatic carbocycles. The quantitative estimate of drug-likeness (QED) is 0.596. The van der Waals surface area contributed by atoms with Crippen molar-refractivity contribution in [2.45, 2.75) is 37.5 Å². The number of nitrogens with zero attached hydrogens (tertiary/aromatic N) is 7. The summed E-state index contributed by atoms with van der Waals surface area (Å²) >= 11 is 1.32. The normalized spacial score (nSPS) is 21.0. The van der Waals surface area contributed by atoms with E-state index in [0.717, 1.165) is 12.8 Å². The lowest BCUT2D eigenvalue weighted by atomic mass is 9.88. The van der Waals surface area contributed by atoms with Crippen LogP contribution < -0.4 is 9.64 Å². The lowest BCUT2D eigenvalue weighted by molar-refractivity contribution is 0.138. The molecule has 1 aromatic carbocycles. The van der Waals surface area contributed by atoms with Gasteiger partial charge in [-0.15, -0.1) is 10.2 Å². The predicted octanol–water partition coefficient (Wildman–Crippen LogP) is 3.03. The van der Waals surface area contributed by atoms with Gasteiger partial charge in [0.05, 0.1) is 18.7 Å². The summed E-state index contributed by atoms with van der Waals surface area (Å²) in [5, 5.41) is 20.3. The molecule has 2 aromatic heterocycles. The first-order valence-corrected chi connectivity index (χ1v) is 11.1. The van der Waals surface area contributed by atoms with Crippen LogP contribution in [0.25, 0.3) is 22.0 Å². The monoisotopic (exact) mass is 459 g/mol. The van der Waals surface area contributed by atoms with Crippen LogP contribution in [0.15, 0.2) is 24.5 Å². The van der Waals surface area contributed by atoms with Crippen LogP contribution in [0, 0.1) is 0 Å². The third-order valence-electron chi connectivity index (χ3n) is 5.87. The number of phenols is 1. The van der Waals surface area contributed by atoms with E-state index in [2.05, 4.69) is 30.0 Å². The summed E-state index contributed by atoms with van der Waals surface area (Å²) in [7, 11) is 7.39. The highest BCUT2D eigenvalue weighted by Gasteiger charge is 2.35. The summed E-state index contributed by atoms with van der Waals surface area (Å²) in [5.41, 5.74) is 1.16. The second-order valence-corrected chi connectivity index (χ2v) is 9.00. The second-order valence-electron chi connectivity index (χ2n) is 8.04. The molecule has 0 saturated heterocycles. The number of methoxy groups -OCH3 is 1. The van der Waals surface area contributed by atoms with Gasteiger partial charge in [-0.2, -0.15) is 9.97 Å². The van der Waals surface area contributed by atoms with Crippen LogP contribution >= 0.6 is 11.3 Å². The second kappa shape index (κ2) is 9.29. The Labute approximate surface area is 189 Å². The van der Waals surface area contributed by atoms with E-state index in [1.54, 1.807) is 18.2 Å². The highest BCUT2D eigenvalue weighted by molar-refractivity contribution is 7.18. The van der Waals surface area contributed by atoms with Crippen LogP contribution in [0.4, 0.5) is 9.52 Å². The SMILES string of the molecule is COc1ncnc(-c2ccc(-c3nnc(N(C)[C@H]4CC(N(C)C)CCC4F)s3)c(O)c2)n1. The average Bonchev–Trinajstić information content (AvgIpc) is 3.28. The molecule has 9 nitrogen and oxygen atoms in total. The van der Waals surface area contributed by atoms with E-state index in [9.17, 15) is 9.50 Å². The Hall–Kier alpha value is -2.92. The number of benzene rings is 1. The Kier molecular flexibility index (Phi) is 6.47. The Bertz CT molecular complexity index is 1080. The van der Waals surface area contributed by atoms with Crippen molar-refractivity contribution in [2.75, 3.05) is 33.2 Å². The number of hydrogen-bond donors (Lipinski definition) is 1. The Morgan fingerprint density at radius 2 is 1.97 bits per heavy atom. The number of alkyl halides is 1. The smallest absolute Gasteiger partial charge is 0.319 e.